The van der Waals surface area contributed by atoms with E-state index >= 15 is 0 Å². The lowest BCUT2D eigenvalue weighted by Crippen LogP contribution is -2.32. The van der Waals surface area contributed by atoms with Crippen LogP contribution in [0.5, 0.6) is 0 Å². The van der Waals surface area contributed by atoms with E-state index in [0.29, 0.717) is 6.10 Å². The molecule has 1 spiro atoms. The standard InChI is InChI=1S/C11H21NO/c12-9-5-10-4-8-11(13-10)6-2-1-3-7-11/h10H,1-9,12H2. The highest BCUT2D eigenvalue weighted by Crippen LogP contribution is 2.42. The third-order valence-corrected chi connectivity index (χ3v) is 3.59. The van der Waals surface area contributed by atoms with E-state index in [1.54, 1.807) is 0 Å². The fourth-order valence-electron chi connectivity index (χ4n) is 2.85. The van der Waals surface area contributed by atoms with Gasteiger partial charge < -0.3 is 10.5 Å². The number of hydrogen-bond acceptors (Lipinski definition) is 2. The summed E-state index contributed by atoms with van der Waals surface area (Å²) < 4.78 is 6.15. The molecular weight excluding hydrogens is 162 g/mol. The average Bonchev–Trinajstić information content (AvgIpc) is 2.51. The highest BCUT2D eigenvalue weighted by atomic mass is 16.5. The van der Waals surface area contributed by atoms with Crippen LogP contribution in [0.15, 0.2) is 0 Å². The first-order valence-corrected chi connectivity index (χ1v) is 5.73. The molecule has 2 nitrogen and oxygen atoms in total. The summed E-state index contributed by atoms with van der Waals surface area (Å²) in [6.45, 7) is 0.779. The fraction of sp³-hybridized carbons (Fsp3) is 1.00. The molecule has 13 heavy (non-hydrogen) atoms. The third kappa shape index (κ3) is 2.05. The van der Waals surface area contributed by atoms with Crippen LogP contribution < -0.4 is 5.73 Å². The third-order valence-electron chi connectivity index (χ3n) is 3.59. The molecule has 1 atom stereocenters. The molecule has 0 radical (unpaired) electrons. The Morgan fingerprint density at radius 3 is 2.62 bits per heavy atom. The van der Waals surface area contributed by atoms with Crippen LogP contribution in [-0.2, 0) is 4.74 Å². The molecule has 1 unspecified atom stereocenters. The van der Waals surface area contributed by atoms with Crippen LogP contribution in [0.4, 0.5) is 0 Å². The molecule has 2 N–H and O–H groups in total. The van der Waals surface area contributed by atoms with E-state index in [9.17, 15) is 0 Å². The summed E-state index contributed by atoms with van der Waals surface area (Å²) >= 11 is 0. The molecule has 0 aromatic rings. The maximum absolute atomic E-state index is 6.15. The Hall–Kier alpha value is -0.0800. The van der Waals surface area contributed by atoms with Gasteiger partial charge in [0.05, 0.1) is 11.7 Å². The quantitative estimate of drug-likeness (QED) is 0.712. The van der Waals surface area contributed by atoms with Crippen molar-refractivity contribution in [2.24, 2.45) is 5.73 Å². The van der Waals surface area contributed by atoms with Crippen molar-refractivity contribution in [1.29, 1.82) is 0 Å². The zero-order valence-corrected chi connectivity index (χ0v) is 8.43. The first-order valence-electron chi connectivity index (χ1n) is 5.73. The Morgan fingerprint density at radius 1 is 1.15 bits per heavy atom. The van der Waals surface area contributed by atoms with E-state index in [0.717, 1.165) is 13.0 Å². The molecule has 1 heterocycles. The van der Waals surface area contributed by atoms with Crippen LogP contribution >= 0.6 is 0 Å². The summed E-state index contributed by atoms with van der Waals surface area (Å²) in [5.41, 5.74) is 5.84. The summed E-state index contributed by atoms with van der Waals surface area (Å²) in [4.78, 5) is 0. The van der Waals surface area contributed by atoms with Crippen molar-refractivity contribution < 1.29 is 4.74 Å². The molecule has 76 valence electrons. The predicted octanol–water partition coefficient (Wildman–Crippen LogP) is 2.22. The minimum Gasteiger partial charge on any atom is -0.372 e. The van der Waals surface area contributed by atoms with Gasteiger partial charge >= 0.3 is 0 Å². The van der Waals surface area contributed by atoms with Crippen LogP contribution in [0.2, 0.25) is 0 Å². The monoisotopic (exact) mass is 183 g/mol. The van der Waals surface area contributed by atoms with Crippen LogP contribution in [0.3, 0.4) is 0 Å². The second kappa shape index (κ2) is 3.97. The molecule has 0 aromatic heterocycles. The van der Waals surface area contributed by atoms with Crippen molar-refractivity contribution in [3.63, 3.8) is 0 Å². The van der Waals surface area contributed by atoms with Gasteiger partial charge in [0.25, 0.3) is 0 Å². The Morgan fingerprint density at radius 2 is 1.92 bits per heavy atom. The molecule has 2 aliphatic rings. The molecule has 1 saturated carbocycles. The van der Waals surface area contributed by atoms with Gasteiger partial charge in [-0.25, -0.2) is 0 Å². The molecular formula is C11H21NO. The van der Waals surface area contributed by atoms with Gasteiger partial charge in [-0.1, -0.05) is 19.3 Å². The molecule has 0 aromatic carbocycles. The van der Waals surface area contributed by atoms with Gasteiger partial charge in [-0.15, -0.1) is 0 Å². The molecule has 2 fully saturated rings. The second-order valence-corrected chi connectivity index (χ2v) is 4.60. The highest BCUT2D eigenvalue weighted by molar-refractivity contribution is 4.91. The molecule has 2 heteroatoms. The van der Waals surface area contributed by atoms with Crippen LogP contribution in [0.25, 0.3) is 0 Å². The van der Waals surface area contributed by atoms with Crippen molar-refractivity contribution in [3.05, 3.63) is 0 Å². The Labute approximate surface area is 80.8 Å². The summed E-state index contributed by atoms with van der Waals surface area (Å²) in [5.74, 6) is 0. The number of nitrogens with two attached hydrogens (primary N) is 1. The zero-order valence-electron chi connectivity index (χ0n) is 8.43. The van der Waals surface area contributed by atoms with Crippen molar-refractivity contribution in [3.8, 4) is 0 Å². The van der Waals surface area contributed by atoms with Crippen LogP contribution in [-0.4, -0.2) is 18.2 Å². The number of rotatable bonds is 2. The lowest BCUT2D eigenvalue weighted by atomic mass is 9.83. The van der Waals surface area contributed by atoms with Gasteiger partial charge in [-0.3, -0.25) is 0 Å². The summed E-state index contributed by atoms with van der Waals surface area (Å²) in [6, 6.07) is 0. The van der Waals surface area contributed by atoms with Crippen LogP contribution in [0, 0.1) is 0 Å². The summed E-state index contributed by atoms with van der Waals surface area (Å²) in [7, 11) is 0. The SMILES string of the molecule is NCCC1CCC2(CCCCC2)O1. The van der Waals surface area contributed by atoms with Gasteiger partial charge in [0.2, 0.25) is 0 Å². The van der Waals surface area contributed by atoms with Crippen molar-refractivity contribution in [1.82, 2.24) is 0 Å². The van der Waals surface area contributed by atoms with E-state index in [1.165, 1.54) is 44.9 Å². The zero-order chi connectivity index (χ0) is 9.15. The molecule has 0 bridgehead atoms. The first-order chi connectivity index (χ1) is 6.35. The largest absolute Gasteiger partial charge is 0.372 e. The lowest BCUT2D eigenvalue weighted by Gasteiger charge is -2.33. The Balaban J connectivity index is 1.87. The Bertz CT molecular complexity index is 163. The lowest BCUT2D eigenvalue weighted by molar-refractivity contribution is -0.0647. The van der Waals surface area contributed by atoms with Gasteiger partial charge in [-0.2, -0.15) is 0 Å². The summed E-state index contributed by atoms with van der Waals surface area (Å²) in [6.07, 6.45) is 10.8. The fourth-order valence-corrected chi connectivity index (χ4v) is 2.85. The first kappa shape index (κ1) is 9.47. The van der Waals surface area contributed by atoms with E-state index < -0.39 is 0 Å². The topological polar surface area (TPSA) is 35.2 Å². The molecule has 1 aliphatic carbocycles. The predicted molar refractivity (Wildman–Crippen MR) is 53.6 cm³/mol. The molecule has 0 amide bonds. The van der Waals surface area contributed by atoms with E-state index in [1.807, 2.05) is 0 Å². The highest BCUT2D eigenvalue weighted by Gasteiger charge is 2.40. The number of ether oxygens (including phenoxy) is 1. The van der Waals surface area contributed by atoms with Gasteiger partial charge in [0.15, 0.2) is 0 Å². The van der Waals surface area contributed by atoms with E-state index in [2.05, 4.69) is 0 Å². The Kier molecular flexibility index (Phi) is 2.89. The second-order valence-electron chi connectivity index (χ2n) is 4.60. The minimum atomic E-state index is 0.290. The molecule has 1 saturated heterocycles. The average molecular weight is 183 g/mol. The van der Waals surface area contributed by atoms with Crippen LogP contribution in [0.1, 0.15) is 51.4 Å². The minimum absolute atomic E-state index is 0.290. The van der Waals surface area contributed by atoms with E-state index in [4.69, 9.17) is 10.5 Å². The van der Waals surface area contributed by atoms with Gasteiger partial charge in [0.1, 0.15) is 0 Å². The smallest absolute Gasteiger partial charge is 0.0687 e. The maximum atomic E-state index is 6.15. The molecule has 1 aliphatic heterocycles. The van der Waals surface area contributed by atoms with Crippen molar-refractivity contribution in [2.45, 2.75) is 63.1 Å². The van der Waals surface area contributed by atoms with Gasteiger partial charge in [0, 0.05) is 0 Å². The van der Waals surface area contributed by atoms with Crippen molar-refractivity contribution in [2.75, 3.05) is 6.54 Å². The van der Waals surface area contributed by atoms with Gasteiger partial charge in [-0.05, 0) is 38.6 Å². The molecule has 2 rings (SSSR count). The maximum Gasteiger partial charge on any atom is 0.0687 e. The van der Waals surface area contributed by atoms with E-state index in [-0.39, 0.29) is 5.60 Å². The normalized spacial score (nSPS) is 32.5. The number of hydrogen-bond donors (Lipinski definition) is 1. The summed E-state index contributed by atoms with van der Waals surface area (Å²) in [5, 5.41) is 0. The van der Waals surface area contributed by atoms with Crippen molar-refractivity contribution >= 4 is 0 Å².